The third-order valence-corrected chi connectivity index (χ3v) is 4.01. The fraction of sp³-hybridized carbons (Fsp3) is 0.222. The molecule has 9 heteroatoms. The zero-order chi connectivity index (χ0) is 19.6. The van der Waals surface area contributed by atoms with E-state index in [9.17, 15) is 22.8 Å². The van der Waals surface area contributed by atoms with Crippen LogP contribution in [-0.4, -0.2) is 29.7 Å². The Morgan fingerprint density at radius 3 is 2.67 bits per heavy atom. The van der Waals surface area contributed by atoms with Crippen molar-refractivity contribution in [3.05, 3.63) is 59.7 Å². The van der Waals surface area contributed by atoms with E-state index in [1.807, 2.05) is 0 Å². The number of ether oxygens (including phenoxy) is 1. The highest BCUT2D eigenvalue weighted by molar-refractivity contribution is 6.15. The fourth-order valence-corrected chi connectivity index (χ4v) is 2.64. The van der Waals surface area contributed by atoms with Crippen molar-refractivity contribution in [2.24, 2.45) is 11.0 Å². The van der Waals surface area contributed by atoms with Gasteiger partial charge in [-0.3, -0.25) is 14.6 Å². The Morgan fingerprint density at radius 1 is 1.30 bits per heavy atom. The van der Waals surface area contributed by atoms with Gasteiger partial charge in [-0.25, -0.2) is 13.2 Å². The van der Waals surface area contributed by atoms with Gasteiger partial charge in [-0.1, -0.05) is 6.07 Å². The van der Waals surface area contributed by atoms with Gasteiger partial charge in [0.25, 0.3) is 12.3 Å². The summed E-state index contributed by atoms with van der Waals surface area (Å²) >= 11 is 0. The van der Waals surface area contributed by atoms with Crippen molar-refractivity contribution >= 4 is 23.3 Å². The molecule has 1 atom stereocenters. The number of halogens is 3. The first-order valence-corrected chi connectivity index (χ1v) is 7.90. The van der Waals surface area contributed by atoms with E-state index in [1.54, 1.807) is 0 Å². The maximum absolute atomic E-state index is 13.6. The van der Waals surface area contributed by atoms with Crippen molar-refractivity contribution in [3.8, 4) is 0 Å². The Balaban J connectivity index is 2.04. The number of alkyl halides is 2. The van der Waals surface area contributed by atoms with E-state index in [-0.39, 0.29) is 17.8 Å². The van der Waals surface area contributed by atoms with Crippen molar-refractivity contribution in [3.63, 3.8) is 0 Å². The monoisotopic (exact) mass is 377 g/mol. The molecule has 140 valence electrons. The van der Waals surface area contributed by atoms with E-state index in [0.29, 0.717) is 5.56 Å². The van der Waals surface area contributed by atoms with Crippen LogP contribution in [0.3, 0.4) is 0 Å². The lowest BCUT2D eigenvalue weighted by molar-refractivity contribution is -0.149. The summed E-state index contributed by atoms with van der Waals surface area (Å²) in [6, 6.07) is 7.66. The number of hydrogen-bond donors (Lipinski definition) is 0. The molecule has 1 aliphatic heterocycles. The predicted molar refractivity (Wildman–Crippen MR) is 89.7 cm³/mol. The standard InChI is InChI=1S/C18H14F3N3O3/c1-27-18(26)13-8-15(10-5-6-14(16(20)21)22-9-10)23-24(17(13)25)12-4-2-3-11(19)7-12/h2-7,9,13,16H,8H2,1H3. The lowest BCUT2D eigenvalue weighted by atomic mass is 9.95. The molecule has 1 aromatic carbocycles. The lowest BCUT2D eigenvalue weighted by Gasteiger charge is -2.28. The molecule has 0 N–H and O–H groups in total. The molecule has 0 fully saturated rings. The first-order chi connectivity index (χ1) is 12.9. The summed E-state index contributed by atoms with van der Waals surface area (Å²) in [6.45, 7) is 0. The molecular formula is C18H14F3N3O3. The third-order valence-electron chi connectivity index (χ3n) is 4.01. The second-order valence-electron chi connectivity index (χ2n) is 5.73. The van der Waals surface area contributed by atoms with Crippen molar-refractivity contribution in [1.29, 1.82) is 0 Å². The number of aromatic nitrogens is 1. The Bertz CT molecular complexity index is 900. The number of nitrogens with zero attached hydrogens (tertiary/aromatic N) is 3. The number of carbonyl (C=O) groups is 2. The number of amides is 1. The smallest absolute Gasteiger partial charge is 0.318 e. The first kappa shape index (κ1) is 18.6. The van der Waals surface area contributed by atoms with Gasteiger partial charge in [-0.15, -0.1) is 0 Å². The van der Waals surface area contributed by atoms with Gasteiger partial charge < -0.3 is 4.74 Å². The van der Waals surface area contributed by atoms with Gasteiger partial charge in [0.1, 0.15) is 17.4 Å². The third kappa shape index (κ3) is 3.81. The van der Waals surface area contributed by atoms with Crippen LogP contribution in [0.25, 0.3) is 0 Å². The second-order valence-corrected chi connectivity index (χ2v) is 5.73. The van der Waals surface area contributed by atoms with Crippen LogP contribution in [0.15, 0.2) is 47.7 Å². The van der Waals surface area contributed by atoms with E-state index in [1.165, 1.54) is 30.5 Å². The summed E-state index contributed by atoms with van der Waals surface area (Å²) in [5.74, 6) is -3.22. The Kier molecular flexibility index (Phi) is 5.20. The summed E-state index contributed by atoms with van der Waals surface area (Å²) in [6.07, 6.45) is -1.62. The van der Waals surface area contributed by atoms with Crippen LogP contribution in [0.5, 0.6) is 0 Å². The topological polar surface area (TPSA) is 71.9 Å². The number of pyridine rings is 1. The minimum Gasteiger partial charge on any atom is -0.468 e. The molecule has 2 heterocycles. The van der Waals surface area contributed by atoms with Gasteiger partial charge in [0.05, 0.1) is 18.5 Å². The van der Waals surface area contributed by atoms with E-state index >= 15 is 0 Å². The molecule has 6 nitrogen and oxygen atoms in total. The van der Waals surface area contributed by atoms with Crippen LogP contribution < -0.4 is 5.01 Å². The number of hydrogen-bond acceptors (Lipinski definition) is 5. The molecule has 27 heavy (non-hydrogen) atoms. The summed E-state index contributed by atoms with van der Waals surface area (Å²) < 4.78 is 43.6. The molecule has 0 bridgehead atoms. The van der Waals surface area contributed by atoms with Crippen molar-refractivity contribution in [2.45, 2.75) is 12.8 Å². The molecule has 1 aliphatic rings. The SMILES string of the molecule is COC(=O)C1CC(c2ccc(C(F)F)nc2)=NN(c2cccc(F)c2)C1=O. The van der Waals surface area contributed by atoms with E-state index in [4.69, 9.17) is 0 Å². The summed E-state index contributed by atoms with van der Waals surface area (Å²) in [5.41, 5.74) is 0.353. The number of hydrazone groups is 1. The number of rotatable bonds is 4. The zero-order valence-electron chi connectivity index (χ0n) is 14.1. The molecule has 0 radical (unpaired) electrons. The van der Waals surface area contributed by atoms with Gasteiger partial charge in [-0.05, 0) is 30.3 Å². The minimum absolute atomic E-state index is 0.0903. The van der Waals surface area contributed by atoms with Gasteiger partial charge in [0, 0.05) is 18.2 Å². The van der Waals surface area contributed by atoms with Crippen molar-refractivity contribution in [2.75, 3.05) is 12.1 Å². The van der Waals surface area contributed by atoms with E-state index < -0.39 is 35.7 Å². The molecule has 0 spiro atoms. The predicted octanol–water partition coefficient (Wildman–Crippen LogP) is 3.09. The highest BCUT2D eigenvalue weighted by Crippen LogP contribution is 2.27. The normalized spacial score (nSPS) is 17.1. The maximum Gasteiger partial charge on any atom is 0.318 e. The number of anilines is 1. The highest BCUT2D eigenvalue weighted by Gasteiger charge is 2.38. The number of carbonyl (C=O) groups excluding carboxylic acids is 2. The Morgan fingerprint density at radius 2 is 2.07 bits per heavy atom. The van der Waals surface area contributed by atoms with Crippen LogP contribution in [0.1, 0.15) is 24.1 Å². The average Bonchev–Trinajstić information content (AvgIpc) is 2.67. The highest BCUT2D eigenvalue weighted by atomic mass is 19.3. The molecule has 1 aromatic heterocycles. The zero-order valence-corrected chi connectivity index (χ0v) is 14.1. The Labute approximate surface area is 152 Å². The van der Waals surface area contributed by atoms with Crippen molar-refractivity contribution in [1.82, 2.24) is 4.98 Å². The number of methoxy groups -OCH3 is 1. The molecular weight excluding hydrogens is 363 g/mol. The molecule has 3 rings (SSSR count). The molecule has 1 amide bonds. The number of esters is 1. The van der Waals surface area contributed by atoms with Crippen LogP contribution in [0, 0.1) is 11.7 Å². The minimum atomic E-state index is -2.72. The van der Waals surface area contributed by atoms with Crippen LogP contribution in [-0.2, 0) is 14.3 Å². The fourth-order valence-electron chi connectivity index (χ4n) is 2.64. The average molecular weight is 377 g/mol. The molecule has 0 saturated carbocycles. The second kappa shape index (κ2) is 7.56. The first-order valence-electron chi connectivity index (χ1n) is 7.90. The molecule has 0 aliphatic carbocycles. The van der Waals surface area contributed by atoms with Gasteiger partial charge >= 0.3 is 5.97 Å². The Hall–Kier alpha value is -3.23. The van der Waals surface area contributed by atoms with Crippen LogP contribution in [0.2, 0.25) is 0 Å². The summed E-state index contributed by atoms with van der Waals surface area (Å²) in [4.78, 5) is 28.3. The summed E-state index contributed by atoms with van der Waals surface area (Å²) in [5, 5.41) is 5.09. The van der Waals surface area contributed by atoms with Crippen molar-refractivity contribution < 1.29 is 27.5 Å². The van der Waals surface area contributed by atoms with E-state index in [0.717, 1.165) is 24.3 Å². The maximum atomic E-state index is 13.6. The largest absolute Gasteiger partial charge is 0.468 e. The van der Waals surface area contributed by atoms with Crippen LogP contribution >= 0.6 is 0 Å². The molecule has 0 saturated heterocycles. The van der Waals surface area contributed by atoms with Gasteiger partial charge in [-0.2, -0.15) is 10.1 Å². The van der Waals surface area contributed by atoms with Crippen LogP contribution in [0.4, 0.5) is 18.9 Å². The molecule has 2 aromatic rings. The summed E-state index contributed by atoms with van der Waals surface area (Å²) in [7, 11) is 1.15. The van der Waals surface area contributed by atoms with Gasteiger partial charge in [0.15, 0.2) is 0 Å². The molecule has 1 unspecified atom stereocenters. The van der Waals surface area contributed by atoms with Gasteiger partial charge in [0.2, 0.25) is 0 Å². The van der Waals surface area contributed by atoms with E-state index in [2.05, 4.69) is 14.8 Å². The lowest BCUT2D eigenvalue weighted by Crippen LogP contribution is -2.43. The number of benzene rings is 1. The quantitative estimate of drug-likeness (QED) is 0.606.